The number of fused-ring (bicyclic) bond motifs is 1. The van der Waals surface area contributed by atoms with Gasteiger partial charge in [-0.2, -0.15) is 31.4 Å². The minimum atomic E-state index is -5.03. The SMILES string of the molecule is Cc1cc(-n2cc(C(F)(F)F)nc2C(F)(F)F)cc2[nH]ncc12. The maximum absolute atomic E-state index is 13.0. The molecule has 2 aromatic heterocycles. The zero-order valence-corrected chi connectivity index (χ0v) is 11.4. The van der Waals surface area contributed by atoms with Crippen LogP contribution in [0.15, 0.2) is 24.5 Å². The maximum Gasteiger partial charge on any atom is 0.450 e. The number of aromatic amines is 1. The molecule has 0 radical (unpaired) electrons. The highest BCUT2D eigenvalue weighted by atomic mass is 19.4. The van der Waals surface area contributed by atoms with Crippen molar-refractivity contribution in [2.45, 2.75) is 19.3 Å². The Labute approximate surface area is 124 Å². The van der Waals surface area contributed by atoms with Gasteiger partial charge >= 0.3 is 12.4 Å². The van der Waals surface area contributed by atoms with Gasteiger partial charge in [0.1, 0.15) is 0 Å². The fourth-order valence-corrected chi connectivity index (χ4v) is 2.26. The molecule has 0 fully saturated rings. The largest absolute Gasteiger partial charge is 0.450 e. The number of imidazole rings is 1. The lowest BCUT2D eigenvalue weighted by atomic mass is 10.1. The third-order valence-corrected chi connectivity index (χ3v) is 3.28. The monoisotopic (exact) mass is 334 g/mol. The standard InChI is InChI=1S/C13H8F6N4/c1-6-2-7(3-9-8(6)4-20-22-9)23-5-10(12(14,15)16)21-11(23)13(17,18)19/h2-5H,1H3,(H,20,22). The summed E-state index contributed by atoms with van der Waals surface area (Å²) in [5.41, 5.74) is -0.709. The molecule has 0 aliphatic heterocycles. The Bertz CT molecular complexity index is 871. The van der Waals surface area contributed by atoms with E-state index in [2.05, 4.69) is 15.2 Å². The van der Waals surface area contributed by atoms with Crippen LogP contribution in [0.3, 0.4) is 0 Å². The average Bonchev–Trinajstić information content (AvgIpc) is 3.03. The number of nitrogens with one attached hydrogen (secondary N) is 1. The summed E-state index contributed by atoms with van der Waals surface area (Å²) in [5, 5.41) is 7.00. The molecule has 3 aromatic rings. The van der Waals surface area contributed by atoms with Gasteiger partial charge in [-0.25, -0.2) is 4.98 Å². The van der Waals surface area contributed by atoms with Crippen molar-refractivity contribution in [1.29, 1.82) is 0 Å². The van der Waals surface area contributed by atoms with E-state index in [4.69, 9.17) is 0 Å². The minimum absolute atomic E-state index is 0.0884. The molecule has 0 aliphatic carbocycles. The molecular formula is C13H8F6N4. The van der Waals surface area contributed by atoms with Gasteiger partial charge in [-0.15, -0.1) is 0 Å². The van der Waals surface area contributed by atoms with Crippen LogP contribution in [-0.4, -0.2) is 19.7 Å². The molecule has 23 heavy (non-hydrogen) atoms. The van der Waals surface area contributed by atoms with E-state index >= 15 is 0 Å². The molecular weight excluding hydrogens is 326 g/mol. The third kappa shape index (κ3) is 2.64. The maximum atomic E-state index is 13.0. The summed E-state index contributed by atoms with van der Waals surface area (Å²) in [4.78, 5) is 2.71. The van der Waals surface area contributed by atoms with Crippen molar-refractivity contribution in [1.82, 2.24) is 19.7 Å². The lowest BCUT2D eigenvalue weighted by molar-refractivity contribution is -0.150. The molecule has 1 N–H and O–H groups in total. The van der Waals surface area contributed by atoms with Gasteiger partial charge < -0.3 is 0 Å². The molecule has 10 heteroatoms. The van der Waals surface area contributed by atoms with E-state index in [9.17, 15) is 26.3 Å². The van der Waals surface area contributed by atoms with Gasteiger partial charge in [0, 0.05) is 17.3 Å². The predicted octanol–water partition coefficient (Wildman–Crippen LogP) is 4.09. The Morgan fingerprint density at radius 3 is 2.35 bits per heavy atom. The molecule has 4 nitrogen and oxygen atoms in total. The number of aryl methyl sites for hydroxylation is 1. The second kappa shape index (κ2) is 4.74. The fraction of sp³-hybridized carbons (Fsp3) is 0.231. The van der Waals surface area contributed by atoms with Crippen LogP contribution in [-0.2, 0) is 12.4 Å². The van der Waals surface area contributed by atoms with Crippen LogP contribution in [0, 0.1) is 6.92 Å². The Morgan fingerprint density at radius 1 is 1.04 bits per heavy atom. The number of H-pyrrole nitrogens is 1. The Morgan fingerprint density at radius 2 is 1.74 bits per heavy atom. The van der Waals surface area contributed by atoms with Crippen molar-refractivity contribution in [3.8, 4) is 5.69 Å². The molecule has 3 rings (SSSR count). The summed E-state index contributed by atoms with van der Waals surface area (Å²) in [6.07, 6.45) is -8.19. The number of aromatic nitrogens is 4. The van der Waals surface area contributed by atoms with Gasteiger partial charge in [-0.05, 0) is 24.6 Å². The molecule has 122 valence electrons. The van der Waals surface area contributed by atoms with Crippen LogP contribution >= 0.6 is 0 Å². The normalized spacial score (nSPS) is 13.0. The van der Waals surface area contributed by atoms with Crippen molar-refractivity contribution in [2.75, 3.05) is 0 Å². The van der Waals surface area contributed by atoms with E-state index < -0.39 is 23.9 Å². The van der Waals surface area contributed by atoms with E-state index in [1.54, 1.807) is 6.92 Å². The summed E-state index contributed by atoms with van der Waals surface area (Å²) in [7, 11) is 0. The molecule has 0 amide bonds. The van der Waals surface area contributed by atoms with Crippen LogP contribution in [0.25, 0.3) is 16.6 Å². The number of alkyl halides is 6. The zero-order chi connectivity index (χ0) is 17.0. The first-order chi connectivity index (χ1) is 10.6. The molecule has 2 heterocycles. The number of nitrogens with zero attached hydrogens (tertiary/aromatic N) is 3. The van der Waals surface area contributed by atoms with E-state index in [1.807, 2.05) is 0 Å². The molecule has 1 aromatic carbocycles. The van der Waals surface area contributed by atoms with Crippen LogP contribution in [0.2, 0.25) is 0 Å². The number of halogens is 6. The second-order valence-electron chi connectivity index (χ2n) is 4.91. The van der Waals surface area contributed by atoms with E-state index in [1.165, 1.54) is 18.3 Å². The third-order valence-electron chi connectivity index (χ3n) is 3.28. The number of benzene rings is 1. The lowest BCUT2D eigenvalue weighted by Gasteiger charge is -2.11. The van der Waals surface area contributed by atoms with Crippen molar-refractivity contribution >= 4 is 10.9 Å². The van der Waals surface area contributed by atoms with Gasteiger partial charge in [-0.3, -0.25) is 9.67 Å². The van der Waals surface area contributed by atoms with Crippen LogP contribution < -0.4 is 0 Å². The van der Waals surface area contributed by atoms with Crippen LogP contribution in [0.1, 0.15) is 17.1 Å². The van der Waals surface area contributed by atoms with Gasteiger partial charge in [0.05, 0.1) is 11.7 Å². The van der Waals surface area contributed by atoms with Gasteiger partial charge in [-0.1, -0.05) is 0 Å². The molecule has 0 unspecified atom stereocenters. The molecule has 0 saturated carbocycles. The van der Waals surface area contributed by atoms with Crippen LogP contribution in [0.5, 0.6) is 0 Å². The van der Waals surface area contributed by atoms with Gasteiger partial charge in [0.15, 0.2) is 5.69 Å². The van der Waals surface area contributed by atoms with E-state index in [-0.39, 0.29) is 5.69 Å². The van der Waals surface area contributed by atoms with Crippen molar-refractivity contribution in [3.05, 3.63) is 41.6 Å². The van der Waals surface area contributed by atoms with Crippen molar-refractivity contribution in [2.24, 2.45) is 0 Å². The molecule has 0 aliphatic rings. The summed E-state index contributed by atoms with van der Waals surface area (Å²) in [5.74, 6) is -1.64. The van der Waals surface area contributed by atoms with Crippen molar-refractivity contribution in [3.63, 3.8) is 0 Å². The summed E-state index contributed by atoms with van der Waals surface area (Å²) in [6.45, 7) is 1.62. The van der Waals surface area contributed by atoms with E-state index in [0.29, 0.717) is 27.2 Å². The summed E-state index contributed by atoms with van der Waals surface area (Å²) < 4.78 is 77.6. The number of hydrogen-bond acceptors (Lipinski definition) is 2. The minimum Gasteiger partial charge on any atom is -0.295 e. The first-order valence-corrected chi connectivity index (χ1v) is 6.25. The molecule has 0 saturated heterocycles. The average molecular weight is 334 g/mol. The summed E-state index contributed by atoms with van der Waals surface area (Å²) in [6, 6.07) is 2.63. The Kier molecular flexibility index (Phi) is 3.17. The first-order valence-electron chi connectivity index (χ1n) is 6.25. The Balaban J connectivity index is 2.26. The highest BCUT2D eigenvalue weighted by Crippen LogP contribution is 2.36. The smallest absolute Gasteiger partial charge is 0.295 e. The molecule has 0 spiro atoms. The first kappa shape index (κ1) is 15.4. The number of hydrogen-bond donors (Lipinski definition) is 1. The lowest BCUT2D eigenvalue weighted by Crippen LogP contribution is -2.14. The Hall–Kier alpha value is -2.52. The van der Waals surface area contributed by atoms with E-state index in [0.717, 1.165) is 0 Å². The summed E-state index contributed by atoms with van der Waals surface area (Å²) >= 11 is 0. The highest BCUT2D eigenvalue weighted by molar-refractivity contribution is 5.83. The predicted molar refractivity (Wildman–Crippen MR) is 68.0 cm³/mol. The highest BCUT2D eigenvalue weighted by Gasteiger charge is 2.42. The topological polar surface area (TPSA) is 46.5 Å². The number of rotatable bonds is 1. The zero-order valence-electron chi connectivity index (χ0n) is 11.4. The second-order valence-corrected chi connectivity index (χ2v) is 4.91. The molecule has 0 bridgehead atoms. The fourth-order valence-electron chi connectivity index (χ4n) is 2.26. The van der Waals surface area contributed by atoms with Crippen LogP contribution in [0.4, 0.5) is 26.3 Å². The molecule has 0 atom stereocenters. The van der Waals surface area contributed by atoms with Gasteiger partial charge in [0.2, 0.25) is 5.82 Å². The quantitative estimate of drug-likeness (QED) is 0.681. The van der Waals surface area contributed by atoms with Gasteiger partial charge in [0.25, 0.3) is 0 Å². The van der Waals surface area contributed by atoms with Crippen molar-refractivity contribution < 1.29 is 26.3 Å².